The lowest BCUT2D eigenvalue weighted by Gasteiger charge is -2.38. The Balaban J connectivity index is 1.85. The molecule has 1 heterocycles. The molecule has 4 rings (SSSR count). The number of hydrogen-bond acceptors (Lipinski definition) is 2. The minimum absolute atomic E-state index is 0.0174. The van der Waals surface area contributed by atoms with Crippen molar-refractivity contribution in [2.45, 2.75) is 20.0 Å². The molecule has 0 saturated carbocycles. The molecule has 3 heteroatoms. The first-order valence-electron chi connectivity index (χ1n) is 8.46. The van der Waals surface area contributed by atoms with Gasteiger partial charge in [0.15, 0.2) is 0 Å². The molecule has 1 aliphatic heterocycles. The average molecular weight is 328 g/mol. The van der Waals surface area contributed by atoms with Gasteiger partial charge < -0.3 is 5.32 Å². The Labute approximate surface area is 147 Å². The Bertz CT molecular complexity index is 914. The van der Waals surface area contributed by atoms with Crippen LogP contribution in [-0.2, 0) is 0 Å². The number of benzene rings is 3. The Morgan fingerprint density at radius 1 is 0.800 bits per heavy atom. The molecule has 0 radical (unpaired) electrons. The first kappa shape index (κ1) is 15.5. The molecular formula is C22H20N2O. The predicted molar refractivity (Wildman–Crippen MR) is 102 cm³/mol. The number of aryl methyl sites for hydroxylation is 2. The number of nitrogens with zero attached hydrogens (tertiary/aromatic N) is 1. The number of carbonyl (C=O) groups is 1. The van der Waals surface area contributed by atoms with Gasteiger partial charge in [-0.05, 0) is 43.7 Å². The first-order chi connectivity index (χ1) is 12.1. The van der Waals surface area contributed by atoms with Crippen LogP contribution < -0.4 is 10.2 Å². The summed E-state index contributed by atoms with van der Waals surface area (Å²) in [6.45, 7) is 4.11. The third-order valence-electron chi connectivity index (χ3n) is 4.63. The number of amides is 1. The van der Waals surface area contributed by atoms with Gasteiger partial charge in [0.25, 0.3) is 5.91 Å². The van der Waals surface area contributed by atoms with E-state index in [1.807, 2.05) is 60.4 Å². The minimum atomic E-state index is -0.231. The lowest BCUT2D eigenvalue weighted by molar-refractivity contribution is 0.0975. The summed E-state index contributed by atoms with van der Waals surface area (Å²) in [6, 6.07) is 24.1. The standard InChI is InChI=1S/C22H20N2O/c1-15-7-11-17(12-8-15)21-23-20-6-4-3-5-19(20)22(25)24(21)18-13-9-16(2)10-14-18/h3-14,21,23H,1-2H3/t21-/m1/s1. The topological polar surface area (TPSA) is 32.3 Å². The van der Waals surface area contributed by atoms with Gasteiger partial charge in [0, 0.05) is 11.4 Å². The van der Waals surface area contributed by atoms with E-state index < -0.39 is 0 Å². The fourth-order valence-corrected chi connectivity index (χ4v) is 3.21. The van der Waals surface area contributed by atoms with Crippen molar-refractivity contribution in [1.82, 2.24) is 0 Å². The zero-order valence-corrected chi connectivity index (χ0v) is 14.4. The molecule has 1 atom stereocenters. The van der Waals surface area contributed by atoms with E-state index in [1.54, 1.807) is 0 Å². The summed E-state index contributed by atoms with van der Waals surface area (Å²) >= 11 is 0. The van der Waals surface area contributed by atoms with E-state index in [0.717, 1.165) is 16.9 Å². The summed E-state index contributed by atoms with van der Waals surface area (Å²) < 4.78 is 0. The van der Waals surface area contributed by atoms with Gasteiger partial charge in [-0.25, -0.2) is 0 Å². The van der Waals surface area contributed by atoms with E-state index in [0.29, 0.717) is 5.56 Å². The molecule has 0 bridgehead atoms. The smallest absolute Gasteiger partial charge is 0.262 e. The molecule has 0 aliphatic carbocycles. The SMILES string of the molecule is Cc1ccc([C@@H]2Nc3ccccc3C(=O)N2c2ccc(C)cc2)cc1. The molecule has 1 aliphatic rings. The second kappa shape index (κ2) is 6.10. The summed E-state index contributed by atoms with van der Waals surface area (Å²) in [7, 11) is 0. The zero-order valence-electron chi connectivity index (χ0n) is 14.4. The van der Waals surface area contributed by atoms with Gasteiger partial charge in [-0.1, -0.05) is 59.7 Å². The average Bonchev–Trinajstić information content (AvgIpc) is 2.63. The van der Waals surface area contributed by atoms with E-state index in [-0.39, 0.29) is 12.1 Å². The predicted octanol–water partition coefficient (Wildman–Crippen LogP) is 5.07. The molecule has 0 fully saturated rings. The quantitative estimate of drug-likeness (QED) is 0.712. The summed E-state index contributed by atoms with van der Waals surface area (Å²) in [5.74, 6) is 0.0174. The van der Waals surface area contributed by atoms with Gasteiger partial charge in [0.2, 0.25) is 0 Å². The minimum Gasteiger partial charge on any atom is -0.360 e. The molecule has 1 N–H and O–H groups in total. The summed E-state index contributed by atoms with van der Waals surface area (Å²) in [6.07, 6.45) is -0.231. The second-order valence-corrected chi connectivity index (χ2v) is 6.51. The van der Waals surface area contributed by atoms with Crippen LogP contribution in [0.2, 0.25) is 0 Å². The van der Waals surface area contributed by atoms with E-state index in [1.165, 1.54) is 11.1 Å². The maximum atomic E-state index is 13.2. The third-order valence-corrected chi connectivity index (χ3v) is 4.63. The number of nitrogens with one attached hydrogen (secondary N) is 1. The number of carbonyl (C=O) groups excluding carboxylic acids is 1. The van der Waals surface area contributed by atoms with Gasteiger partial charge in [0.05, 0.1) is 5.56 Å². The van der Waals surface area contributed by atoms with E-state index in [4.69, 9.17) is 0 Å². The van der Waals surface area contributed by atoms with Crippen LogP contribution in [0.1, 0.15) is 33.2 Å². The Kier molecular flexibility index (Phi) is 3.77. The molecule has 0 unspecified atom stereocenters. The lowest BCUT2D eigenvalue weighted by atomic mass is 10.0. The van der Waals surface area contributed by atoms with Gasteiger partial charge in [-0.3, -0.25) is 9.69 Å². The maximum absolute atomic E-state index is 13.2. The number of para-hydroxylation sites is 1. The Morgan fingerprint density at radius 2 is 1.40 bits per heavy atom. The van der Waals surface area contributed by atoms with Crippen molar-refractivity contribution in [2.24, 2.45) is 0 Å². The summed E-state index contributed by atoms with van der Waals surface area (Å²) in [5, 5.41) is 3.53. The van der Waals surface area contributed by atoms with Gasteiger partial charge in [-0.15, -0.1) is 0 Å². The highest BCUT2D eigenvalue weighted by Gasteiger charge is 2.33. The van der Waals surface area contributed by atoms with Crippen LogP contribution in [0.15, 0.2) is 72.8 Å². The van der Waals surface area contributed by atoms with Crippen LogP contribution in [0.5, 0.6) is 0 Å². The van der Waals surface area contributed by atoms with Crippen molar-refractivity contribution in [3.8, 4) is 0 Å². The lowest BCUT2D eigenvalue weighted by Crippen LogP contribution is -2.43. The number of fused-ring (bicyclic) bond motifs is 1. The van der Waals surface area contributed by atoms with Crippen LogP contribution >= 0.6 is 0 Å². The number of rotatable bonds is 2. The van der Waals surface area contributed by atoms with Crippen LogP contribution in [-0.4, -0.2) is 5.91 Å². The Hall–Kier alpha value is -3.07. The van der Waals surface area contributed by atoms with Crippen LogP contribution in [0.4, 0.5) is 11.4 Å². The van der Waals surface area contributed by atoms with Crippen molar-refractivity contribution in [1.29, 1.82) is 0 Å². The molecule has 3 aromatic rings. The highest BCUT2D eigenvalue weighted by Crippen LogP contribution is 2.36. The first-order valence-corrected chi connectivity index (χ1v) is 8.46. The van der Waals surface area contributed by atoms with Crippen LogP contribution in [0, 0.1) is 13.8 Å². The van der Waals surface area contributed by atoms with Crippen molar-refractivity contribution >= 4 is 17.3 Å². The summed E-state index contributed by atoms with van der Waals surface area (Å²) in [4.78, 5) is 15.1. The fourth-order valence-electron chi connectivity index (χ4n) is 3.21. The van der Waals surface area contributed by atoms with Crippen LogP contribution in [0.3, 0.4) is 0 Å². The fraction of sp³-hybridized carbons (Fsp3) is 0.136. The molecule has 25 heavy (non-hydrogen) atoms. The van der Waals surface area contributed by atoms with E-state index in [9.17, 15) is 4.79 Å². The molecule has 0 spiro atoms. The van der Waals surface area contributed by atoms with E-state index >= 15 is 0 Å². The monoisotopic (exact) mass is 328 g/mol. The molecule has 124 valence electrons. The van der Waals surface area contributed by atoms with Gasteiger partial charge >= 0.3 is 0 Å². The number of hydrogen-bond donors (Lipinski definition) is 1. The molecule has 0 saturated heterocycles. The van der Waals surface area contributed by atoms with Crippen LogP contribution in [0.25, 0.3) is 0 Å². The molecule has 3 nitrogen and oxygen atoms in total. The maximum Gasteiger partial charge on any atom is 0.262 e. The molecule has 1 amide bonds. The zero-order chi connectivity index (χ0) is 17.4. The Morgan fingerprint density at radius 3 is 2.08 bits per heavy atom. The normalized spacial score (nSPS) is 16.3. The second-order valence-electron chi connectivity index (χ2n) is 6.51. The molecular weight excluding hydrogens is 308 g/mol. The van der Waals surface area contributed by atoms with Crippen molar-refractivity contribution in [3.05, 3.63) is 95.1 Å². The molecule has 3 aromatic carbocycles. The highest BCUT2D eigenvalue weighted by molar-refractivity contribution is 6.12. The largest absolute Gasteiger partial charge is 0.360 e. The highest BCUT2D eigenvalue weighted by atomic mass is 16.2. The molecule has 0 aromatic heterocycles. The van der Waals surface area contributed by atoms with Crippen molar-refractivity contribution < 1.29 is 4.79 Å². The van der Waals surface area contributed by atoms with Crippen molar-refractivity contribution in [2.75, 3.05) is 10.2 Å². The summed E-state index contributed by atoms with van der Waals surface area (Å²) in [5.41, 5.74) is 5.91. The van der Waals surface area contributed by atoms with Gasteiger partial charge in [-0.2, -0.15) is 0 Å². The van der Waals surface area contributed by atoms with Crippen molar-refractivity contribution in [3.63, 3.8) is 0 Å². The van der Waals surface area contributed by atoms with E-state index in [2.05, 4.69) is 36.5 Å². The third kappa shape index (κ3) is 2.78. The van der Waals surface area contributed by atoms with Gasteiger partial charge in [0.1, 0.15) is 6.17 Å². The number of anilines is 2.